The smallest absolute Gasteiger partial charge is 0.135 e. The minimum absolute atomic E-state index is 0.597. The minimum atomic E-state index is -2.34. The van der Waals surface area contributed by atoms with Crippen LogP contribution in [-0.2, 0) is 11.8 Å². The van der Waals surface area contributed by atoms with E-state index in [1.165, 1.54) is 0 Å². The van der Waals surface area contributed by atoms with Crippen LogP contribution >= 0.6 is 6.19 Å². The number of hydrazone groups is 1. The van der Waals surface area contributed by atoms with Crippen LogP contribution in [0.2, 0.25) is 0 Å². The van der Waals surface area contributed by atoms with E-state index in [4.69, 9.17) is 26.0 Å². The first-order valence-electron chi connectivity index (χ1n) is 8.94. The van der Waals surface area contributed by atoms with E-state index in [9.17, 15) is 0 Å². The van der Waals surface area contributed by atoms with Gasteiger partial charge in [0.05, 0.1) is 33.1 Å². The molecule has 0 saturated heterocycles. The second-order valence-electron chi connectivity index (χ2n) is 6.08. The number of nitrogens with one attached hydrogen (secondary N) is 1. The van der Waals surface area contributed by atoms with E-state index >= 15 is 0 Å². The fraction of sp³-hybridized carbons (Fsp3) is 0.136. The first kappa shape index (κ1) is 20.9. The van der Waals surface area contributed by atoms with Crippen molar-refractivity contribution in [2.24, 2.45) is 5.10 Å². The Morgan fingerprint density at radius 3 is 1.69 bits per heavy atom. The third-order valence-corrected chi connectivity index (χ3v) is 8.34. The van der Waals surface area contributed by atoms with E-state index in [0.29, 0.717) is 22.8 Å². The second kappa shape index (κ2) is 9.59. The van der Waals surface area contributed by atoms with Gasteiger partial charge in [-0.15, -0.1) is 0 Å². The Hall–Kier alpha value is -2.82. The molecule has 0 atom stereocenters. The summed E-state index contributed by atoms with van der Waals surface area (Å²) >= 11 is 6.12. The Morgan fingerprint density at radius 1 is 0.793 bits per heavy atom. The number of ether oxygens (including phenoxy) is 3. The zero-order valence-corrected chi connectivity index (χ0v) is 18.2. The molecule has 0 saturated carbocycles. The molecule has 0 bridgehead atoms. The molecule has 0 aliphatic rings. The summed E-state index contributed by atoms with van der Waals surface area (Å²) in [4.78, 5) is 0. The van der Waals surface area contributed by atoms with Crippen LogP contribution in [0.15, 0.2) is 77.9 Å². The number of nitrogens with zero attached hydrogens (tertiary/aromatic N) is 1. The van der Waals surface area contributed by atoms with Crippen LogP contribution in [0, 0.1) is 0 Å². The summed E-state index contributed by atoms with van der Waals surface area (Å²) < 4.78 is 16.3. The number of benzene rings is 3. The SMILES string of the molecule is COc1cc(OC)c(C=NNP(=S)(c2ccccc2)c2ccccc2)c(OC)c1. The standard InChI is InChI=1S/C22H23N2O3PS/c1-25-17-14-21(26-2)20(22(15-17)27-3)16-23-24-28(29,18-10-6-4-7-11-18)19-12-8-5-9-13-19/h4-16H,1-3H3,(H,24,29). The van der Waals surface area contributed by atoms with Gasteiger partial charge in [-0.25, -0.2) is 0 Å². The lowest BCUT2D eigenvalue weighted by molar-refractivity contribution is 0.374. The lowest BCUT2D eigenvalue weighted by Gasteiger charge is -2.22. The normalized spacial score (nSPS) is 11.3. The van der Waals surface area contributed by atoms with Crippen LogP contribution in [-0.4, -0.2) is 27.5 Å². The zero-order chi connectivity index (χ0) is 20.7. The third-order valence-electron chi connectivity index (χ3n) is 4.38. The van der Waals surface area contributed by atoms with Crippen molar-refractivity contribution in [3.63, 3.8) is 0 Å². The molecule has 5 nitrogen and oxygen atoms in total. The Balaban J connectivity index is 1.99. The number of hydrogen-bond donors (Lipinski definition) is 1. The summed E-state index contributed by atoms with van der Waals surface area (Å²) in [7, 11) is 4.79. The maximum atomic E-state index is 6.12. The maximum absolute atomic E-state index is 6.12. The van der Waals surface area contributed by atoms with Crippen molar-refractivity contribution >= 4 is 34.8 Å². The van der Waals surface area contributed by atoms with Gasteiger partial charge in [-0.05, 0) is 0 Å². The molecule has 0 aliphatic carbocycles. The molecule has 29 heavy (non-hydrogen) atoms. The van der Waals surface area contributed by atoms with Crippen LogP contribution in [0.1, 0.15) is 5.56 Å². The summed E-state index contributed by atoms with van der Waals surface area (Å²) in [6.07, 6.45) is -0.674. The van der Waals surface area contributed by atoms with E-state index in [1.54, 1.807) is 39.7 Å². The van der Waals surface area contributed by atoms with Crippen LogP contribution < -0.4 is 30.0 Å². The van der Waals surface area contributed by atoms with E-state index in [1.807, 2.05) is 60.7 Å². The number of methoxy groups -OCH3 is 3. The lowest BCUT2D eigenvalue weighted by Crippen LogP contribution is -2.24. The average Bonchev–Trinajstić information content (AvgIpc) is 2.79. The molecule has 7 heteroatoms. The highest BCUT2D eigenvalue weighted by atomic mass is 32.4. The highest BCUT2D eigenvalue weighted by Gasteiger charge is 2.21. The molecular formula is C22H23N2O3PS. The third kappa shape index (κ3) is 4.61. The molecule has 0 heterocycles. The van der Waals surface area contributed by atoms with Crippen LogP contribution in [0.5, 0.6) is 17.2 Å². The monoisotopic (exact) mass is 426 g/mol. The number of rotatable bonds is 8. The maximum Gasteiger partial charge on any atom is 0.135 e. The van der Waals surface area contributed by atoms with Crippen molar-refractivity contribution in [2.45, 2.75) is 0 Å². The zero-order valence-electron chi connectivity index (χ0n) is 16.5. The fourth-order valence-electron chi connectivity index (χ4n) is 2.87. The summed E-state index contributed by atoms with van der Waals surface area (Å²) in [6.45, 7) is 0. The molecule has 1 N–H and O–H groups in total. The Labute approximate surface area is 176 Å². The fourth-order valence-corrected chi connectivity index (χ4v) is 5.68. The second-order valence-corrected chi connectivity index (χ2v) is 10.2. The summed E-state index contributed by atoms with van der Waals surface area (Å²) in [6, 6.07) is 23.6. The molecule has 3 rings (SSSR count). The largest absolute Gasteiger partial charge is 0.496 e. The Morgan fingerprint density at radius 2 is 1.28 bits per heavy atom. The van der Waals surface area contributed by atoms with Crippen molar-refractivity contribution in [1.29, 1.82) is 0 Å². The summed E-state index contributed by atoms with van der Waals surface area (Å²) in [5.41, 5.74) is 0.700. The molecule has 0 aliphatic heterocycles. The van der Waals surface area contributed by atoms with E-state index in [2.05, 4.69) is 10.3 Å². The topological polar surface area (TPSA) is 52.1 Å². The van der Waals surface area contributed by atoms with Crippen molar-refractivity contribution in [3.05, 3.63) is 78.4 Å². The quantitative estimate of drug-likeness (QED) is 0.338. The first-order valence-corrected chi connectivity index (χ1v) is 11.7. The molecule has 0 radical (unpaired) electrons. The van der Waals surface area contributed by atoms with Gasteiger partial charge in [0.1, 0.15) is 23.4 Å². The van der Waals surface area contributed by atoms with Gasteiger partial charge in [-0.3, -0.25) is 5.20 Å². The first-order chi connectivity index (χ1) is 14.1. The summed E-state index contributed by atoms with van der Waals surface area (Å²) in [5.74, 6) is 1.83. The predicted molar refractivity (Wildman–Crippen MR) is 123 cm³/mol. The van der Waals surface area contributed by atoms with Gasteiger partial charge in [-0.2, -0.15) is 5.10 Å². The van der Waals surface area contributed by atoms with E-state index in [-0.39, 0.29) is 0 Å². The van der Waals surface area contributed by atoms with Gasteiger partial charge < -0.3 is 14.2 Å². The van der Waals surface area contributed by atoms with E-state index < -0.39 is 6.19 Å². The highest BCUT2D eigenvalue weighted by Crippen LogP contribution is 2.39. The van der Waals surface area contributed by atoms with Crippen molar-refractivity contribution in [1.82, 2.24) is 5.20 Å². The van der Waals surface area contributed by atoms with Gasteiger partial charge in [0.2, 0.25) is 0 Å². The van der Waals surface area contributed by atoms with E-state index in [0.717, 1.165) is 10.6 Å². The van der Waals surface area contributed by atoms with Gasteiger partial charge in [-0.1, -0.05) is 72.5 Å². The van der Waals surface area contributed by atoms with Crippen molar-refractivity contribution in [3.8, 4) is 17.2 Å². The van der Waals surface area contributed by atoms with Crippen LogP contribution in [0.25, 0.3) is 0 Å². The molecule has 3 aromatic carbocycles. The molecule has 150 valence electrons. The molecular weight excluding hydrogens is 403 g/mol. The van der Waals surface area contributed by atoms with Crippen LogP contribution in [0.4, 0.5) is 0 Å². The summed E-state index contributed by atoms with van der Waals surface area (Å²) in [5, 5.41) is 9.84. The van der Waals surface area contributed by atoms with Crippen molar-refractivity contribution in [2.75, 3.05) is 21.3 Å². The minimum Gasteiger partial charge on any atom is -0.496 e. The molecule has 3 aromatic rings. The molecule has 0 spiro atoms. The van der Waals surface area contributed by atoms with Gasteiger partial charge >= 0.3 is 0 Å². The average molecular weight is 426 g/mol. The number of hydrogen-bond acceptors (Lipinski definition) is 5. The lowest BCUT2D eigenvalue weighted by atomic mass is 10.2. The molecule has 0 fully saturated rings. The Bertz CT molecular complexity index is 958. The van der Waals surface area contributed by atoms with Crippen molar-refractivity contribution < 1.29 is 14.2 Å². The van der Waals surface area contributed by atoms with Gasteiger partial charge in [0.15, 0.2) is 0 Å². The highest BCUT2D eigenvalue weighted by molar-refractivity contribution is 8.20. The van der Waals surface area contributed by atoms with Gasteiger partial charge in [0, 0.05) is 22.7 Å². The molecule has 0 aromatic heterocycles. The molecule has 0 unspecified atom stereocenters. The van der Waals surface area contributed by atoms with Crippen LogP contribution in [0.3, 0.4) is 0 Å². The van der Waals surface area contributed by atoms with Gasteiger partial charge in [0.25, 0.3) is 0 Å². The molecule has 0 amide bonds. The Kier molecular flexibility index (Phi) is 6.91. The predicted octanol–water partition coefficient (Wildman–Crippen LogP) is 3.68.